The van der Waals surface area contributed by atoms with Crippen molar-refractivity contribution in [1.82, 2.24) is 4.57 Å². The van der Waals surface area contributed by atoms with E-state index in [-0.39, 0.29) is 0 Å². The molecule has 1 aromatic heterocycles. The van der Waals surface area contributed by atoms with Gasteiger partial charge in [0.2, 0.25) is 0 Å². The number of aromatic nitrogens is 1. The first-order valence-electron chi connectivity index (χ1n) is 7.61. The SMILES string of the molecule is Cc1ccc(-n2c3ccccc3c3cc(B(O)O)ccc32)cc1. The molecule has 1 heterocycles. The molecular weight excluding hydrogens is 285 g/mol. The summed E-state index contributed by atoms with van der Waals surface area (Å²) in [6.45, 7) is 2.07. The summed E-state index contributed by atoms with van der Waals surface area (Å²) >= 11 is 0. The fraction of sp³-hybridized carbons (Fsp3) is 0.0526. The van der Waals surface area contributed by atoms with E-state index >= 15 is 0 Å². The van der Waals surface area contributed by atoms with E-state index in [0.717, 1.165) is 27.5 Å². The van der Waals surface area contributed by atoms with Crippen molar-refractivity contribution in [3.05, 3.63) is 72.3 Å². The van der Waals surface area contributed by atoms with Crippen LogP contribution < -0.4 is 5.46 Å². The third-order valence-electron chi connectivity index (χ3n) is 4.29. The molecule has 23 heavy (non-hydrogen) atoms. The lowest BCUT2D eigenvalue weighted by Gasteiger charge is -2.08. The summed E-state index contributed by atoms with van der Waals surface area (Å²) in [4.78, 5) is 0. The minimum absolute atomic E-state index is 0.504. The van der Waals surface area contributed by atoms with E-state index in [1.54, 1.807) is 6.07 Å². The molecule has 0 bridgehead atoms. The second kappa shape index (κ2) is 5.27. The number of fused-ring (bicyclic) bond motifs is 3. The summed E-state index contributed by atoms with van der Waals surface area (Å²) in [6, 6.07) is 22.2. The Morgan fingerprint density at radius 2 is 1.48 bits per heavy atom. The van der Waals surface area contributed by atoms with Gasteiger partial charge in [0.25, 0.3) is 0 Å². The van der Waals surface area contributed by atoms with Crippen molar-refractivity contribution in [3.63, 3.8) is 0 Å². The molecule has 0 aliphatic rings. The van der Waals surface area contributed by atoms with E-state index < -0.39 is 7.12 Å². The average Bonchev–Trinajstić information content (AvgIpc) is 2.89. The van der Waals surface area contributed by atoms with Crippen molar-refractivity contribution in [2.24, 2.45) is 0 Å². The van der Waals surface area contributed by atoms with Gasteiger partial charge in [0, 0.05) is 16.5 Å². The number of hydrogen-bond acceptors (Lipinski definition) is 2. The highest BCUT2D eigenvalue weighted by atomic mass is 16.4. The Morgan fingerprint density at radius 1 is 0.783 bits per heavy atom. The Bertz CT molecular complexity index is 1000. The summed E-state index contributed by atoms with van der Waals surface area (Å²) in [5.41, 5.74) is 4.99. The predicted octanol–water partition coefficient (Wildman–Crippen LogP) is 2.77. The van der Waals surface area contributed by atoms with Crippen molar-refractivity contribution < 1.29 is 10.0 Å². The molecule has 0 aliphatic carbocycles. The summed E-state index contributed by atoms with van der Waals surface area (Å²) in [5.74, 6) is 0. The highest BCUT2D eigenvalue weighted by molar-refractivity contribution is 6.59. The van der Waals surface area contributed by atoms with Gasteiger partial charge in [0.15, 0.2) is 0 Å². The molecule has 0 aliphatic heterocycles. The van der Waals surface area contributed by atoms with Crippen LogP contribution in [0.5, 0.6) is 0 Å². The van der Waals surface area contributed by atoms with Crippen LogP contribution in [0.1, 0.15) is 5.56 Å². The number of rotatable bonds is 2. The van der Waals surface area contributed by atoms with Gasteiger partial charge in [-0.15, -0.1) is 0 Å². The number of hydrogen-bond donors (Lipinski definition) is 2. The molecule has 3 aromatic carbocycles. The molecular formula is C19H16BNO2. The second-order valence-electron chi connectivity index (χ2n) is 5.84. The number of nitrogens with zero attached hydrogens (tertiary/aromatic N) is 1. The zero-order valence-corrected chi connectivity index (χ0v) is 12.8. The monoisotopic (exact) mass is 301 g/mol. The fourth-order valence-corrected chi connectivity index (χ4v) is 3.12. The van der Waals surface area contributed by atoms with Crippen molar-refractivity contribution in [2.75, 3.05) is 0 Å². The average molecular weight is 301 g/mol. The Balaban J connectivity index is 2.11. The predicted molar refractivity (Wildman–Crippen MR) is 95.3 cm³/mol. The summed E-state index contributed by atoms with van der Waals surface area (Å²) in [6.07, 6.45) is 0. The maximum absolute atomic E-state index is 9.46. The highest BCUT2D eigenvalue weighted by Gasteiger charge is 2.16. The fourth-order valence-electron chi connectivity index (χ4n) is 3.12. The molecule has 4 heteroatoms. The maximum Gasteiger partial charge on any atom is 0.488 e. The molecule has 0 fully saturated rings. The van der Waals surface area contributed by atoms with Crippen molar-refractivity contribution in [2.45, 2.75) is 6.92 Å². The molecule has 0 spiro atoms. The van der Waals surface area contributed by atoms with Gasteiger partial charge in [-0.3, -0.25) is 0 Å². The molecule has 0 radical (unpaired) electrons. The number of benzene rings is 3. The minimum atomic E-state index is -1.46. The third kappa shape index (κ3) is 2.24. The van der Waals surface area contributed by atoms with Gasteiger partial charge in [0.1, 0.15) is 0 Å². The zero-order valence-electron chi connectivity index (χ0n) is 12.8. The van der Waals surface area contributed by atoms with Crippen LogP contribution in [-0.2, 0) is 0 Å². The highest BCUT2D eigenvalue weighted by Crippen LogP contribution is 2.31. The normalized spacial score (nSPS) is 11.3. The molecule has 4 rings (SSSR count). The van der Waals surface area contributed by atoms with Gasteiger partial charge in [-0.2, -0.15) is 0 Å². The third-order valence-corrected chi connectivity index (χ3v) is 4.29. The van der Waals surface area contributed by atoms with Crippen LogP contribution in [0.25, 0.3) is 27.5 Å². The van der Waals surface area contributed by atoms with Gasteiger partial charge >= 0.3 is 7.12 Å². The summed E-state index contributed by atoms with van der Waals surface area (Å²) in [7, 11) is -1.46. The van der Waals surface area contributed by atoms with Gasteiger partial charge in [-0.05, 0) is 36.7 Å². The van der Waals surface area contributed by atoms with E-state index in [9.17, 15) is 10.0 Å². The largest absolute Gasteiger partial charge is 0.488 e. The molecule has 0 atom stereocenters. The molecule has 0 unspecified atom stereocenters. The van der Waals surface area contributed by atoms with Gasteiger partial charge in [-0.1, -0.05) is 48.0 Å². The van der Waals surface area contributed by atoms with Crippen LogP contribution >= 0.6 is 0 Å². The van der Waals surface area contributed by atoms with E-state index in [4.69, 9.17) is 0 Å². The Kier molecular flexibility index (Phi) is 3.22. The standard InChI is InChI=1S/C19H16BNO2/c1-13-6-9-15(10-7-13)21-18-5-3-2-4-16(18)17-12-14(20(22)23)8-11-19(17)21/h2-12,22-23H,1H3. The topological polar surface area (TPSA) is 45.4 Å². The molecule has 0 saturated heterocycles. The number of para-hydroxylation sites is 1. The van der Waals surface area contributed by atoms with Gasteiger partial charge in [0.05, 0.1) is 11.0 Å². The van der Waals surface area contributed by atoms with E-state index in [2.05, 4.69) is 47.9 Å². The smallest absolute Gasteiger partial charge is 0.423 e. The Hall–Kier alpha value is -2.56. The van der Waals surface area contributed by atoms with Crippen molar-refractivity contribution in [3.8, 4) is 5.69 Å². The minimum Gasteiger partial charge on any atom is -0.423 e. The van der Waals surface area contributed by atoms with E-state index in [0.29, 0.717) is 5.46 Å². The summed E-state index contributed by atoms with van der Waals surface area (Å²) < 4.78 is 2.21. The van der Waals surface area contributed by atoms with Crippen LogP contribution in [0.4, 0.5) is 0 Å². The van der Waals surface area contributed by atoms with E-state index in [1.165, 1.54) is 5.56 Å². The van der Waals surface area contributed by atoms with Crippen molar-refractivity contribution in [1.29, 1.82) is 0 Å². The Morgan fingerprint density at radius 3 is 2.22 bits per heavy atom. The van der Waals surface area contributed by atoms with Crippen molar-refractivity contribution >= 4 is 34.4 Å². The summed E-state index contributed by atoms with van der Waals surface area (Å²) in [5, 5.41) is 21.0. The quantitative estimate of drug-likeness (QED) is 0.559. The molecule has 0 amide bonds. The first kappa shape index (κ1) is 14.1. The van der Waals surface area contributed by atoms with Crippen LogP contribution in [0.15, 0.2) is 66.7 Å². The zero-order chi connectivity index (χ0) is 16.0. The van der Waals surface area contributed by atoms with Crippen LogP contribution in [0.3, 0.4) is 0 Å². The molecule has 0 saturated carbocycles. The lowest BCUT2D eigenvalue weighted by molar-refractivity contribution is 0.426. The Labute approximate surface area is 134 Å². The number of aryl methyl sites for hydroxylation is 1. The van der Waals surface area contributed by atoms with Gasteiger partial charge < -0.3 is 14.6 Å². The molecule has 112 valence electrons. The van der Waals surface area contributed by atoms with Crippen LogP contribution in [0, 0.1) is 6.92 Å². The molecule has 4 aromatic rings. The van der Waals surface area contributed by atoms with Crippen LogP contribution in [0.2, 0.25) is 0 Å². The molecule has 3 nitrogen and oxygen atoms in total. The van der Waals surface area contributed by atoms with Crippen LogP contribution in [-0.4, -0.2) is 21.7 Å². The maximum atomic E-state index is 9.46. The lowest BCUT2D eigenvalue weighted by atomic mass is 9.80. The lowest BCUT2D eigenvalue weighted by Crippen LogP contribution is -2.29. The molecule has 2 N–H and O–H groups in total. The first-order valence-corrected chi connectivity index (χ1v) is 7.61. The second-order valence-corrected chi connectivity index (χ2v) is 5.84. The first-order chi connectivity index (χ1) is 11.1. The van der Waals surface area contributed by atoms with E-state index in [1.807, 2.05) is 24.3 Å². The van der Waals surface area contributed by atoms with Gasteiger partial charge in [-0.25, -0.2) is 0 Å².